The molecular weight excluding hydrogens is 268 g/mol. The molecule has 5 nitrogen and oxygen atoms in total. The molecule has 2 amide bonds. The van der Waals surface area contributed by atoms with E-state index in [0.717, 1.165) is 31.6 Å². The number of carboxylic acids is 1. The van der Waals surface area contributed by atoms with E-state index in [1.54, 1.807) is 0 Å². The smallest absolute Gasteiger partial charge is 0.326 e. The van der Waals surface area contributed by atoms with Crippen LogP contribution in [0.1, 0.15) is 66.2 Å². The Morgan fingerprint density at radius 1 is 1.19 bits per heavy atom. The topological polar surface area (TPSA) is 78.4 Å². The van der Waals surface area contributed by atoms with Crippen molar-refractivity contribution in [1.29, 1.82) is 0 Å². The summed E-state index contributed by atoms with van der Waals surface area (Å²) >= 11 is 0. The zero-order chi connectivity index (χ0) is 16.0. The number of hydrogen-bond acceptors (Lipinski definition) is 2. The van der Waals surface area contributed by atoms with Gasteiger partial charge in [0.15, 0.2) is 0 Å². The minimum Gasteiger partial charge on any atom is -0.480 e. The number of amides is 2. The van der Waals surface area contributed by atoms with E-state index in [1.165, 1.54) is 12.8 Å². The maximum atomic E-state index is 12.0. The highest BCUT2D eigenvalue weighted by atomic mass is 16.4. The van der Waals surface area contributed by atoms with Gasteiger partial charge in [0.1, 0.15) is 6.04 Å². The molecule has 0 aromatic heterocycles. The molecule has 0 aliphatic heterocycles. The highest BCUT2D eigenvalue weighted by molar-refractivity contribution is 5.83. The third-order valence-electron chi connectivity index (χ3n) is 4.27. The van der Waals surface area contributed by atoms with Crippen molar-refractivity contribution in [3.8, 4) is 0 Å². The van der Waals surface area contributed by atoms with Gasteiger partial charge in [-0.2, -0.15) is 0 Å². The Kier molecular flexibility index (Phi) is 6.49. The van der Waals surface area contributed by atoms with Gasteiger partial charge in [-0.3, -0.25) is 0 Å². The molecule has 1 atom stereocenters. The molecule has 0 bridgehead atoms. The average molecular weight is 298 g/mol. The molecule has 122 valence electrons. The summed E-state index contributed by atoms with van der Waals surface area (Å²) in [5.41, 5.74) is -0.512. The van der Waals surface area contributed by atoms with Crippen LogP contribution in [0.15, 0.2) is 0 Å². The van der Waals surface area contributed by atoms with Crippen molar-refractivity contribution in [2.75, 3.05) is 0 Å². The quantitative estimate of drug-likeness (QED) is 0.729. The van der Waals surface area contributed by atoms with E-state index in [0.29, 0.717) is 0 Å². The minimum atomic E-state index is -0.996. The molecule has 0 aromatic rings. The first-order valence-electron chi connectivity index (χ1n) is 8.03. The highest BCUT2D eigenvalue weighted by Gasteiger charge is 2.33. The summed E-state index contributed by atoms with van der Waals surface area (Å²) in [6, 6.07) is -1.07. The van der Waals surface area contributed by atoms with Crippen molar-refractivity contribution in [2.45, 2.75) is 78.3 Å². The number of hydrogen-bond donors (Lipinski definition) is 3. The molecule has 5 heteroatoms. The maximum Gasteiger partial charge on any atom is 0.326 e. The minimum absolute atomic E-state index is 0.174. The Balaban J connectivity index is 2.42. The summed E-state index contributed by atoms with van der Waals surface area (Å²) in [6.07, 6.45) is 6.77. The van der Waals surface area contributed by atoms with Crippen LogP contribution in [0.3, 0.4) is 0 Å². The van der Waals surface area contributed by atoms with Crippen molar-refractivity contribution in [1.82, 2.24) is 10.6 Å². The van der Waals surface area contributed by atoms with Crippen LogP contribution in [0.25, 0.3) is 0 Å². The molecule has 1 saturated carbocycles. The van der Waals surface area contributed by atoms with Crippen molar-refractivity contribution in [3.63, 3.8) is 0 Å². The molecule has 1 aliphatic rings. The molecule has 21 heavy (non-hydrogen) atoms. The van der Waals surface area contributed by atoms with Gasteiger partial charge in [0.05, 0.1) is 0 Å². The van der Waals surface area contributed by atoms with Gasteiger partial charge in [0, 0.05) is 6.04 Å². The first-order chi connectivity index (χ1) is 9.74. The molecule has 1 fully saturated rings. The van der Waals surface area contributed by atoms with Gasteiger partial charge < -0.3 is 15.7 Å². The van der Waals surface area contributed by atoms with Crippen LogP contribution >= 0.6 is 0 Å². The maximum absolute atomic E-state index is 12.0. The zero-order valence-electron chi connectivity index (χ0n) is 13.7. The summed E-state index contributed by atoms with van der Waals surface area (Å²) in [4.78, 5) is 23.2. The van der Waals surface area contributed by atoms with Crippen LogP contribution in [0.2, 0.25) is 0 Å². The van der Waals surface area contributed by atoms with Gasteiger partial charge in [-0.1, -0.05) is 40.5 Å². The van der Waals surface area contributed by atoms with Crippen LogP contribution in [-0.2, 0) is 4.79 Å². The van der Waals surface area contributed by atoms with Gasteiger partial charge in [0.25, 0.3) is 0 Å². The summed E-state index contributed by atoms with van der Waals surface area (Å²) in [5.74, 6) is -0.207. The van der Waals surface area contributed by atoms with E-state index in [2.05, 4.69) is 17.6 Å². The molecule has 0 saturated heterocycles. The van der Waals surface area contributed by atoms with Crippen molar-refractivity contribution in [2.24, 2.45) is 11.3 Å². The molecule has 3 N–H and O–H groups in total. The number of carbonyl (C=O) groups is 2. The lowest BCUT2D eigenvalue weighted by Crippen LogP contribution is -2.54. The molecule has 0 unspecified atom stereocenters. The van der Waals surface area contributed by atoms with E-state index in [4.69, 9.17) is 0 Å². The van der Waals surface area contributed by atoms with Gasteiger partial charge >= 0.3 is 12.0 Å². The van der Waals surface area contributed by atoms with Crippen molar-refractivity contribution < 1.29 is 14.7 Å². The van der Waals surface area contributed by atoms with Crippen LogP contribution in [0.5, 0.6) is 0 Å². The number of carbonyl (C=O) groups excluding carboxylic acids is 1. The predicted octanol–water partition coefficient (Wildman–Crippen LogP) is 3.14. The number of rotatable bonds is 5. The Morgan fingerprint density at radius 2 is 1.76 bits per heavy atom. The van der Waals surface area contributed by atoms with E-state index in [1.807, 2.05) is 20.8 Å². The second-order valence-electron chi connectivity index (χ2n) is 7.26. The van der Waals surface area contributed by atoms with Crippen LogP contribution in [0, 0.1) is 11.3 Å². The largest absolute Gasteiger partial charge is 0.480 e. The highest BCUT2D eigenvalue weighted by Crippen LogP contribution is 2.27. The Bertz CT molecular complexity index is 355. The Labute approximate surface area is 127 Å². The van der Waals surface area contributed by atoms with Gasteiger partial charge in [-0.15, -0.1) is 0 Å². The lowest BCUT2D eigenvalue weighted by atomic mass is 9.83. The van der Waals surface area contributed by atoms with Gasteiger partial charge in [-0.05, 0) is 37.0 Å². The van der Waals surface area contributed by atoms with Crippen LogP contribution in [0.4, 0.5) is 4.79 Å². The molecular formula is C16H30N2O3. The van der Waals surface area contributed by atoms with Crippen LogP contribution < -0.4 is 10.6 Å². The fraction of sp³-hybridized carbons (Fsp3) is 0.875. The molecule has 1 aliphatic carbocycles. The second kappa shape index (κ2) is 7.66. The first kappa shape index (κ1) is 17.8. The molecule has 1 rings (SSSR count). The molecule has 0 spiro atoms. The molecule has 0 heterocycles. The fourth-order valence-corrected chi connectivity index (χ4v) is 3.01. The molecule has 0 radical (unpaired) electrons. The van der Waals surface area contributed by atoms with E-state index in [-0.39, 0.29) is 12.1 Å². The summed E-state index contributed by atoms with van der Waals surface area (Å²) < 4.78 is 0. The number of carboxylic acid groups (broad SMARTS) is 1. The van der Waals surface area contributed by atoms with E-state index >= 15 is 0 Å². The number of nitrogens with one attached hydrogen (secondary N) is 2. The summed E-state index contributed by atoms with van der Waals surface area (Å²) in [7, 11) is 0. The predicted molar refractivity (Wildman–Crippen MR) is 83.2 cm³/mol. The number of urea groups is 1. The van der Waals surface area contributed by atoms with E-state index in [9.17, 15) is 14.7 Å². The monoisotopic (exact) mass is 298 g/mol. The van der Waals surface area contributed by atoms with Crippen molar-refractivity contribution >= 4 is 12.0 Å². The third kappa shape index (κ3) is 5.94. The average Bonchev–Trinajstić information content (AvgIpc) is 2.37. The summed E-state index contributed by atoms with van der Waals surface area (Å²) in [5, 5.41) is 14.7. The number of aliphatic carboxylic acids is 1. The fourth-order valence-electron chi connectivity index (χ4n) is 3.01. The second-order valence-corrected chi connectivity index (χ2v) is 7.26. The van der Waals surface area contributed by atoms with Gasteiger partial charge in [-0.25, -0.2) is 9.59 Å². The SMILES string of the molecule is CCCC1CCC(NC(=O)N[C@H](C(=O)O)C(C)(C)C)CC1. The zero-order valence-corrected chi connectivity index (χ0v) is 13.7. The van der Waals surface area contributed by atoms with E-state index < -0.39 is 17.4 Å². The normalized spacial score (nSPS) is 24.2. The summed E-state index contributed by atoms with van der Waals surface area (Å²) in [6.45, 7) is 7.63. The third-order valence-corrected chi connectivity index (χ3v) is 4.27. The first-order valence-corrected chi connectivity index (χ1v) is 8.03. The standard InChI is InChI=1S/C16H30N2O3/c1-5-6-11-7-9-12(10-8-11)17-15(21)18-13(14(19)20)16(2,3)4/h11-13H,5-10H2,1-4H3,(H,19,20)(H2,17,18,21)/t11?,12?,13-/m1/s1. The van der Waals surface area contributed by atoms with Crippen LogP contribution in [-0.4, -0.2) is 29.2 Å². The Morgan fingerprint density at radius 3 is 2.19 bits per heavy atom. The van der Waals surface area contributed by atoms with Gasteiger partial charge in [0.2, 0.25) is 0 Å². The lowest BCUT2D eigenvalue weighted by Gasteiger charge is -2.31. The Hall–Kier alpha value is -1.26. The van der Waals surface area contributed by atoms with Crippen molar-refractivity contribution in [3.05, 3.63) is 0 Å². The lowest BCUT2D eigenvalue weighted by molar-refractivity contribution is -0.141. The molecule has 0 aromatic carbocycles.